The largest absolute Gasteiger partial charge is 0.444 e. The fraction of sp³-hybridized carbons (Fsp3) is 0.484. The van der Waals surface area contributed by atoms with E-state index in [4.69, 9.17) is 27.3 Å². The lowest BCUT2D eigenvalue weighted by molar-refractivity contribution is -0.138. The first kappa shape index (κ1) is 30.8. The molecule has 1 aromatic carbocycles. The van der Waals surface area contributed by atoms with Crippen LogP contribution in [0.4, 0.5) is 29.3 Å². The van der Waals surface area contributed by atoms with Crippen LogP contribution in [0, 0.1) is 17.2 Å². The molecule has 1 spiro atoms. The third kappa shape index (κ3) is 5.58. The molecule has 2 aliphatic heterocycles. The van der Waals surface area contributed by atoms with Gasteiger partial charge in [-0.05, 0) is 95.3 Å². The second-order valence-electron chi connectivity index (χ2n) is 12.8. The summed E-state index contributed by atoms with van der Waals surface area (Å²) in [5.74, 6) is -0.0810. The first-order valence-corrected chi connectivity index (χ1v) is 15.2. The van der Waals surface area contributed by atoms with Crippen molar-refractivity contribution >= 4 is 51.6 Å². The molecule has 45 heavy (non-hydrogen) atoms. The van der Waals surface area contributed by atoms with Crippen LogP contribution in [0.2, 0.25) is 0 Å². The van der Waals surface area contributed by atoms with E-state index >= 15 is 0 Å². The maximum absolute atomic E-state index is 13.8. The van der Waals surface area contributed by atoms with Gasteiger partial charge in [-0.15, -0.1) is 0 Å². The van der Waals surface area contributed by atoms with E-state index in [1.807, 2.05) is 49.8 Å². The molecule has 0 unspecified atom stereocenters. The number of amides is 2. The van der Waals surface area contributed by atoms with E-state index in [2.05, 4.69) is 4.98 Å². The number of fused-ring (bicyclic) bond motifs is 1. The average Bonchev–Trinajstić information content (AvgIpc) is 3.45. The summed E-state index contributed by atoms with van der Waals surface area (Å²) in [5.41, 5.74) is -2.26. The van der Waals surface area contributed by atoms with Gasteiger partial charge in [-0.25, -0.2) is 9.78 Å². The molecule has 0 N–H and O–H groups in total. The molecule has 0 radical (unpaired) electrons. The molecule has 3 fully saturated rings. The van der Waals surface area contributed by atoms with Gasteiger partial charge in [-0.2, -0.15) is 23.5 Å². The van der Waals surface area contributed by atoms with Crippen molar-refractivity contribution in [2.75, 3.05) is 22.9 Å². The summed E-state index contributed by atoms with van der Waals surface area (Å²) >= 11 is 5.74. The van der Waals surface area contributed by atoms with Crippen molar-refractivity contribution in [3.63, 3.8) is 0 Å². The minimum Gasteiger partial charge on any atom is -0.444 e. The second-order valence-corrected chi connectivity index (χ2v) is 13.2. The summed E-state index contributed by atoms with van der Waals surface area (Å²) in [4.78, 5) is 34.5. The quantitative estimate of drug-likeness (QED) is 0.319. The number of aromatic nitrogens is 3. The monoisotopic (exact) mass is 639 g/mol. The number of carbonyl (C=O) groups excluding carboxylic acids is 2. The van der Waals surface area contributed by atoms with E-state index in [9.17, 15) is 22.8 Å². The van der Waals surface area contributed by atoms with Gasteiger partial charge in [0, 0.05) is 36.9 Å². The third-order valence-electron chi connectivity index (χ3n) is 8.64. The van der Waals surface area contributed by atoms with Gasteiger partial charge in [0.1, 0.15) is 17.2 Å². The Morgan fingerprint density at radius 3 is 2.47 bits per heavy atom. The summed E-state index contributed by atoms with van der Waals surface area (Å²) < 4.78 is 48.5. The fourth-order valence-electron chi connectivity index (χ4n) is 6.28. The Labute approximate surface area is 263 Å². The Bertz CT molecular complexity index is 1730. The highest BCUT2D eigenvalue weighted by molar-refractivity contribution is 7.81. The number of anilines is 2. The predicted molar refractivity (Wildman–Crippen MR) is 163 cm³/mol. The summed E-state index contributed by atoms with van der Waals surface area (Å²) in [6, 6.07) is 7.79. The maximum atomic E-state index is 13.8. The normalized spacial score (nSPS) is 18.9. The Hall–Kier alpha value is -4.25. The molecule has 2 saturated heterocycles. The summed E-state index contributed by atoms with van der Waals surface area (Å²) in [6.07, 6.45) is 1.31. The molecule has 4 heterocycles. The number of nitrogens with zero attached hydrogens (tertiary/aromatic N) is 7. The molecule has 2 aromatic heterocycles. The Morgan fingerprint density at radius 2 is 1.87 bits per heavy atom. The number of nitriles is 1. The highest BCUT2D eigenvalue weighted by atomic mass is 32.1. The first-order valence-electron chi connectivity index (χ1n) is 14.8. The zero-order valence-corrected chi connectivity index (χ0v) is 25.9. The summed E-state index contributed by atoms with van der Waals surface area (Å²) in [7, 11) is 0. The Kier molecular flexibility index (Phi) is 7.50. The molecule has 6 rings (SSSR count). The van der Waals surface area contributed by atoms with Crippen molar-refractivity contribution in [1.29, 1.82) is 5.26 Å². The SMILES string of the molecule is CC(C)(C)OC(=O)N1CCC(Cn2cc3cc(N4C(=S)N(c5cnc(C#N)c(C(F)(F)F)c5)C(=O)C45CCC5)ccc3n2)CC1. The number of likely N-dealkylation sites (tertiary alicyclic amines) is 1. The smallest absolute Gasteiger partial charge is 0.419 e. The predicted octanol–water partition coefficient (Wildman–Crippen LogP) is 6.03. The highest BCUT2D eigenvalue weighted by Gasteiger charge is 2.59. The van der Waals surface area contributed by atoms with Gasteiger partial charge in [-0.3, -0.25) is 14.4 Å². The van der Waals surface area contributed by atoms with Gasteiger partial charge in [0.25, 0.3) is 5.91 Å². The van der Waals surface area contributed by atoms with E-state index in [0.717, 1.165) is 47.3 Å². The van der Waals surface area contributed by atoms with Gasteiger partial charge in [0.2, 0.25) is 0 Å². The third-order valence-corrected chi connectivity index (χ3v) is 9.01. The van der Waals surface area contributed by atoms with Gasteiger partial charge in [-0.1, -0.05) is 0 Å². The minimum atomic E-state index is -4.83. The van der Waals surface area contributed by atoms with Crippen LogP contribution in [0.15, 0.2) is 36.7 Å². The van der Waals surface area contributed by atoms with Crippen LogP contribution in [0.3, 0.4) is 0 Å². The molecule has 1 aliphatic carbocycles. The van der Waals surface area contributed by atoms with Gasteiger partial charge >= 0.3 is 12.3 Å². The lowest BCUT2D eigenvalue weighted by atomic mass is 9.75. The number of halogens is 3. The Morgan fingerprint density at radius 1 is 1.16 bits per heavy atom. The van der Waals surface area contributed by atoms with Crippen LogP contribution >= 0.6 is 12.2 Å². The van der Waals surface area contributed by atoms with Crippen LogP contribution < -0.4 is 9.80 Å². The Balaban J connectivity index is 1.22. The molecule has 3 aliphatic rings. The molecule has 0 atom stereocenters. The molecular weight excluding hydrogens is 607 g/mol. The molecule has 3 aromatic rings. The van der Waals surface area contributed by atoms with Gasteiger partial charge in [0.15, 0.2) is 10.8 Å². The van der Waals surface area contributed by atoms with Crippen LogP contribution in [0.1, 0.15) is 64.1 Å². The van der Waals surface area contributed by atoms with E-state index in [1.165, 1.54) is 6.07 Å². The number of hydrogen-bond acceptors (Lipinski definition) is 7. The second kappa shape index (κ2) is 11.0. The first-order chi connectivity index (χ1) is 21.2. The number of rotatable bonds is 4. The fourth-order valence-corrected chi connectivity index (χ4v) is 6.74. The van der Waals surface area contributed by atoms with Crippen LogP contribution in [0.25, 0.3) is 10.9 Å². The number of benzene rings is 1. The number of hydrogen-bond donors (Lipinski definition) is 0. The minimum absolute atomic E-state index is 0.0582. The molecule has 14 heteroatoms. The zero-order chi connectivity index (χ0) is 32.3. The topological polar surface area (TPSA) is 108 Å². The molecule has 2 amide bonds. The van der Waals surface area contributed by atoms with E-state index in [1.54, 1.807) is 9.80 Å². The van der Waals surface area contributed by atoms with Crippen molar-refractivity contribution < 1.29 is 27.5 Å². The number of piperidine rings is 1. The molecular formula is C31H32F3N7O3S. The number of ether oxygens (including phenoxy) is 1. The van der Waals surface area contributed by atoms with Crippen molar-refractivity contribution in [3.05, 3.63) is 47.9 Å². The number of carbonyl (C=O) groups is 2. The maximum Gasteiger partial charge on any atom is 0.419 e. The number of thiocarbonyl (C=S) groups is 1. The van der Waals surface area contributed by atoms with Crippen LogP contribution in [0.5, 0.6) is 0 Å². The highest BCUT2D eigenvalue weighted by Crippen LogP contribution is 2.48. The van der Waals surface area contributed by atoms with Crippen molar-refractivity contribution in [3.8, 4) is 6.07 Å². The lowest BCUT2D eigenvalue weighted by Crippen LogP contribution is -2.55. The van der Waals surface area contributed by atoms with Crippen molar-refractivity contribution in [2.45, 2.75) is 76.7 Å². The van der Waals surface area contributed by atoms with Gasteiger partial charge < -0.3 is 14.5 Å². The van der Waals surface area contributed by atoms with Crippen LogP contribution in [-0.4, -0.2) is 61.0 Å². The standard InChI is InChI=1S/C31H32F3N7O3S/c1-29(2,3)44-28(43)38-11-7-19(8-12-38)17-39-18-20-13-21(5-6-24(20)37-39)41-27(45)40(26(42)30(41)9-4-10-30)22-14-23(31(32,33)34)25(15-35)36-16-22/h5-6,13-14,16,18-19H,4,7-12,17H2,1-3H3. The van der Waals surface area contributed by atoms with Crippen molar-refractivity contribution in [1.82, 2.24) is 19.7 Å². The molecule has 10 nitrogen and oxygen atoms in total. The van der Waals surface area contributed by atoms with Crippen LogP contribution in [-0.2, 0) is 22.3 Å². The average molecular weight is 640 g/mol. The number of alkyl halides is 3. The van der Waals surface area contributed by atoms with E-state index in [-0.39, 0.29) is 16.9 Å². The summed E-state index contributed by atoms with van der Waals surface area (Å²) in [5, 5.41) is 14.8. The van der Waals surface area contributed by atoms with Crippen molar-refractivity contribution in [2.24, 2.45) is 5.92 Å². The number of pyridine rings is 1. The lowest BCUT2D eigenvalue weighted by Gasteiger charge is -2.43. The zero-order valence-electron chi connectivity index (χ0n) is 25.1. The molecule has 0 bridgehead atoms. The van der Waals surface area contributed by atoms with E-state index in [0.29, 0.717) is 44.1 Å². The molecule has 1 saturated carbocycles. The van der Waals surface area contributed by atoms with E-state index < -0.39 is 34.5 Å². The summed E-state index contributed by atoms with van der Waals surface area (Å²) in [6.45, 7) is 7.46. The van der Waals surface area contributed by atoms with Gasteiger partial charge in [0.05, 0.1) is 23.0 Å². The molecule has 236 valence electrons.